The lowest BCUT2D eigenvalue weighted by Crippen LogP contribution is -2.39. The molecule has 0 spiro atoms. The predicted octanol–water partition coefficient (Wildman–Crippen LogP) is 3.24. The van der Waals surface area contributed by atoms with E-state index >= 15 is 0 Å². The van der Waals surface area contributed by atoms with Crippen molar-refractivity contribution in [2.45, 2.75) is 58.0 Å². The largest absolute Gasteiger partial charge is 0.305 e. The number of nitrogens with one attached hydrogen (secondary N) is 1. The first kappa shape index (κ1) is 11.2. The molecule has 1 aromatic heterocycles. The minimum Gasteiger partial charge on any atom is -0.305 e. The van der Waals surface area contributed by atoms with Crippen LogP contribution in [0.5, 0.6) is 0 Å². The third-order valence-electron chi connectivity index (χ3n) is 4.62. The van der Waals surface area contributed by atoms with Crippen molar-refractivity contribution in [2.75, 3.05) is 0 Å². The molecule has 0 aromatic carbocycles. The van der Waals surface area contributed by atoms with Crippen LogP contribution >= 0.6 is 0 Å². The van der Waals surface area contributed by atoms with Crippen LogP contribution in [0.3, 0.4) is 0 Å². The Kier molecular flexibility index (Phi) is 2.70. The van der Waals surface area contributed by atoms with Crippen LogP contribution in [0.4, 0.5) is 0 Å². The summed E-state index contributed by atoms with van der Waals surface area (Å²) in [6.45, 7) is 4.79. The van der Waals surface area contributed by atoms with Gasteiger partial charge in [-0.2, -0.15) is 0 Å². The number of nitrogens with zero attached hydrogens (tertiary/aromatic N) is 1. The summed E-state index contributed by atoms with van der Waals surface area (Å²) in [4.78, 5) is 4.57. The van der Waals surface area contributed by atoms with Crippen molar-refractivity contribution in [3.8, 4) is 0 Å². The summed E-state index contributed by atoms with van der Waals surface area (Å²) in [5.74, 6) is 0. The Bertz CT molecular complexity index is 411. The monoisotopic (exact) mass is 230 g/mol. The van der Waals surface area contributed by atoms with Gasteiger partial charge in [-0.3, -0.25) is 4.98 Å². The summed E-state index contributed by atoms with van der Waals surface area (Å²) in [5, 5.41) is 3.86. The van der Waals surface area contributed by atoms with Gasteiger partial charge in [0.1, 0.15) is 0 Å². The van der Waals surface area contributed by atoms with Gasteiger partial charge >= 0.3 is 0 Å². The van der Waals surface area contributed by atoms with E-state index in [0.29, 0.717) is 17.5 Å². The molecule has 2 heteroatoms. The summed E-state index contributed by atoms with van der Waals surface area (Å²) in [6, 6.07) is 5.44. The van der Waals surface area contributed by atoms with Crippen LogP contribution in [-0.2, 0) is 6.42 Å². The maximum atomic E-state index is 4.57. The van der Waals surface area contributed by atoms with Gasteiger partial charge < -0.3 is 5.32 Å². The first-order valence-electron chi connectivity index (χ1n) is 6.87. The van der Waals surface area contributed by atoms with Crippen LogP contribution in [0.15, 0.2) is 18.3 Å². The fourth-order valence-electron chi connectivity index (χ4n) is 3.45. The second-order valence-electron chi connectivity index (χ2n) is 6.24. The van der Waals surface area contributed by atoms with Crippen molar-refractivity contribution >= 4 is 0 Å². The van der Waals surface area contributed by atoms with Gasteiger partial charge in [0.2, 0.25) is 0 Å². The van der Waals surface area contributed by atoms with E-state index in [0.717, 1.165) is 0 Å². The van der Waals surface area contributed by atoms with Gasteiger partial charge in [-0.25, -0.2) is 0 Å². The Hall–Kier alpha value is -0.890. The Morgan fingerprint density at radius 1 is 1.35 bits per heavy atom. The number of hydrogen-bond acceptors (Lipinski definition) is 2. The van der Waals surface area contributed by atoms with E-state index in [9.17, 15) is 0 Å². The molecule has 0 radical (unpaired) electrons. The molecule has 2 aliphatic carbocycles. The highest BCUT2D eigenvalue weighted by molar-refractivity contribution is 5.28. The summed E-state index contributed by atoms with van der Waals surface area (Å²) >= 11 is 0. The van der Waals surface area contributed by atoms with Crippen molar-refractivity contribution in [3.05, 3.63) is 29.6 Å². The summed E-state index contributed by atoms with van der Waals surface area (Å²) in [5.41, 5.74) is 3.20. The number of pyridine rings is 1. The van der Waals surface area contributed by atoms with Gasteiger partial charge in [0.15, 0.2) is 0 Å². The molecule has 1 N–H and O–H groups in total. The van der Waals surface area contributed by atoms with E-state index < -0.39 is 0 Å². The number of hydrogen-bond donors (Lipinski definition) is 1. The van der Waals surface area contributed by atoms with Gasteiger partial charge in [-0.05, 0) is 42.7 Å². The second-order valence-corrected chi connectivity index (χ2v) is 6.24. The molecule has 1 saturated carbocycles. The zero-order valence-corrected chi connectivity index (χ0v) is 10.9. The molecule has 2 nitrogen and oxygen atoms in total. The standard InChI is InChI=1S/C15H22N2/c1-15(2)9-3-6-13(15)17-12-8-7-11-5-4-10-16-14(11)12/h4-5,10,12-13,17H,3,6-9H2,1-2H3. The maximum Gasteiger partial charge on any atom is 0.0605 e. The Labute approximate surface area is 104 Å². The van der Waals surface area contributed by atoms with Crippen molar-refractivity contribution < 1.29 is 0 Å². The highest BCUT2D eigenvalue weighted by Gasteiger charge is 2.37. The third-order valence-corrected chi connectivity index (χ3v) is 4.62. The molecule has 1 heterocycles. The molecule has 2 unspecified atom stereocenters. The van der Waals surface area contributed by atoms with Gasteiger partial charge in [0, 0.05) is 12.2 Å². The normalized spacial score (nSPS) is 30.5. The molecule has 0 saturated heterocycles. The number of rotatable bonds is 2. The zero-order valence-electron chi connectivity index (χ0n) is 10.9. The van der Waals surface area contributed by atoms with E-state index in [4.69, 9.17) is 0 Å². The summed E-state index contributed by atoms with van der Waals surface area (Å²) in [6.07, 6.45) is 8.39. The quantitative estimate of drug-likeness (QED) is 0.843. The van der Waals surface area contributed by atoms with E-state index in [1.54, 1.807) is 0 Å². The first-order valence-corrected chi connectivity index (χ1v) is 6.87. The van der Waals surface area contributed by atoms with E-state index in [1.165, 1.54) is 43.4 Å². The molecular formula is C15H22N2. The summed E-state index contributed by atoms with van der Waals surface area (Å²) in [7, 11) is 0. The molecule has 1 aromatic rings. The van der Waals surface area contributed by atoms with E-state index in [2.05, 4.69) is 36.3 Å². The van der Waals surface area contributed by atoms with Crippen LogP contribution in [0.25, 0.3) is 0 Å². The SMILES string of the molecule is CC1(C)CCCC1NC1CCc2cccnc21. The Morgan fingerprint density at radius 2 is 2.24 bits per heavy atom. The first-order chi connectivity index (χ1) is 8.17. The van der Waals surface area contributed by atoms with Crippen LogP contribution in [0.2, 0.25) is 0 Å². The van der Waals surface area contributed by atoms with Gasteiger partial charge in [0.25, 0.3) is 0 Å². The molecule has 92 valence electrons. The van der Waals surface area contributed by atoms with E-state index in [-0.39, 0.29) is 0 Å². The topological polar surface area (TPSA) is 24.9 Å². The number of aromatic nitrogens is 1. The minimum atomic E-state index is 0.456. The predicted molar refractivity (Wildman–Crippen MR) is 69.9 cm³/mol. The average Bonchev–Trinajstić information content (AvgIpc) is 2.85. The zero-order chi connectivity index (χ0) is 11.9. The lowest BCUT2D eigenvalue weighted by Gasteiger charge is -2.30. The van der Waals surface area contributed by atoms with Crippen molar-refractivity contribution in [1.29, 1.82) is 0 Å². The maximum absolute atomic E-state index is 4.57. The third kappa shape index (κ3) is 1.99. The Balaban J connectivity index is 1.76. The molecular weight excluding hydrogens is 208 g/mol. The average molecular weight is 230 g/mol. The Morgan fingerprint density at radius 3 is 3.00 bits per heavy atom. The summed E-state index contributed by atoms with van der Waals surface area (Å²) < 4.78 is 0. The molecule has 2 atom stereocenters. The van der Waals surface area contributed by atoms with Gasteiger partial charge in [-0.1, -0.05) is 26.3 Å². The molecule has 0 amide bonds. The fraction of sp³-hybridized carbons (Fsp3) is 0.667. The fourth-order valence-corrected chi connectivity index (χ4v) is 3.45. The molecule has 1 fully saturated rings. The van der Waals surface area contributed by atoms with Crippen LogP contribution < -0.4 is 5.32 Å². The molecule has 3 rings (SSSR count). The molecule has 17 heavy (non-hydrogen) atoms. The highest BCUT2D eigenvalue weighted by Crippen LogP contribution is 2.40. The molecule has 0 bridgehead atoms. The smallest absolute Gasteiger partial charge is 0.0605 e. The van der Waals surface area contributed by atoms with E-state index in [1.807, 2.05) is 6.20 Å². The number of aryl methyl sites for hydroxylation is 1. The van der Waals surface area contributed by atoms with Crippen molar-refractivity contribution in [2.24, 2.45) is 5.41 Å². The number of fused-ring (bicyclic) bond motifs is 1. The van der Waals surface area contributed by atoms with Crippen LogP contribution in [0, 0.1) is 5.41 Å². The van der Waals surface area contributed by atoms with Crippen molar-refractivity contribution in [1.82, 2.24) is 10.3 Å². The highest BCUT2D eigenvalue weighted by atomic mass is 15.0. The lowest BCUT2D eigenvalue weighted by molar-refractivity contribution is 0.260. The minimum absolute atomic E-state index is 0.456. The van der Waals surface area contributed by atoms with Crippen molar-refractivity contribution in [3.63, 3.8) is 0 Å². The molecule has 2 aliphatic rings. The lowest BCUT2D eigenvalue weighted by atomic mass is 9.87. The second kappa shape index (κ2) is 4.09. The van der Waals surface area contributed by atoms with Gasteiger partial charge in [-0.15, -0.1) is 0 Å². The molecule has 0 aliphatic heterocycles. The van der Waals surface area contributed by atoms with Gasteiger partial charge in [0.05, 0.1) is 11.7 Å². The van der Waals surface area contributed by atoms with Crippen LogP contribution in [-0.4, -0.2) is 11.0 Å². The van der Waals surface area contributed by atoms with Crippen LogP contribution in [0.1, 0.15) is 56.8 Å².